The molecular weight excluding hydrogens is 434 g/mol. The molecule has 0 aromatic heterocycles. The molecule has 1 fully saturated rings. The summed E-state index contributed by atoms with van der Waals surface area (Å²) in [4.78, 5) is 39.5. The number of methoxy groups -OCH3 is 1. The van der Waals surface area contributed by atoms with Crippen LogP contribution in [0.4, 0.5) is 11.4 Å². The Hall–Kier alpha value is -3.46. The number of hydrogen-bond acceptors (Lipinski definition) is 7. The highest BCUT2D eigenvalue weighted by Gasteiger charge is 2.55. The zero-order chi connectivity index (χ0) is 23.0. The second-order valence-electron chi connectivity index (χ2n) is 7.85. The van der Waals surface area contributed by atoms with Crippen molar-refractivity contribution in [3.63, 3.8) is 0 Å². The van der Waals surface area contributed by atoms with Crippen LogP contribution in [0.15, 0.2) is 52.8 Å². The van der Waals surface area contributed by atoms with E-state index in [1.54, 1.807) is 30.3 Å². The number of imide groups is 1. The maximum Gasteiger partial charge on any atom is 0.263 e. The molecule has 0 unspecified atom stereocenters. The molecule has 0 spiro atoms. The lowest BCUT2D eigenvalue weighted by atomic mass is 10.0. The van der Waals surface area contributed by atoms with Gasteiger partial charge in [0.15, 0.2) is 12.1 Å². The van der Waals surface area contributed by atoms with Crippen LogP contribution in [0.2, 0.25) is 5.02 Å². The van der Waals surface area contributed by atoms with E-state index >= 15 is 0 Å². The molecule has 3 amide bonds. The standard InChI is InChI=1S/C22H22ClN5O4/c1-12(2)13-4-7-15(8-5-13)28-21(30)19-20(22(28)31)27(26-25-19)11-18(29)24-14-6-9-17(32-3)16(23)10-14/h4-10,12,19-20H,11H2,1-3H3,(H,24,29)/t19-,20-/m1/s1. The van der Waals surface area contributed by atoms with E-state index in [9.17, 15) is 14.4 Å². The lowest BCUT2D eigenvalue weighted by molar-refractivity contribution is -0.123. The van der Waals surface area contributed by atoms with Crippen LogP contribution in [0.1, 0.15) is 25.3 Å². The number of fused-ring (bicyclic) bond motifs is 1. The van der Waals surface area contributed by atoms with Crippen LogP contribution in [0.3, 0.4) is 0 Å². The molecule has 2 aromatic carbocycles. The van der Waals surface area contributed by atoms with Crippen LogP contribution < -0.4 is 15.0 Å². The number of hydrogen-bond donors (Lipinski definition) is 1. The summed E-state index contributed by atoms with van der Waals surface area (Å²) in [7, 11) is 1.50. The van der Waals surface area contributed by atoms with E-state index in [-0.39, 0.29) is 6.54 Å². The van der Waals surface area contributed by atoms with Crippen LogP contribution in [0, 0.1) is 0 Å². The molecule has 0 bridgehead atoms. The maximum absolute atomic E-state index is 13.1. The molecule has 2 heterocycles. The Balaban J connectivity index is 1.46. The van der Waals surface area contributed by atoms with Gasteiger partial charge in [-0.2, -0.15) is 5.11 Å². The van der Waals surface area contributed by atoms with E-state index < -0.39 is 29.8 Å². The van der Waals surface area contributed by atoms with Crippen molar-refractivity contribution in [2.45, 2.75) is 31.8 Å². The summed E-state index contributed by atoms with van der Waals surface area (Å²) in [6.07, 6.45) is 0. The SMILES string of the molecule is COc1ccc(NC(=O)CN2N=N[C@H]3C(=O)N(c4ccc(C(C)C)cc4)C(=O)[C@@H]32)cc1Cl. The Kier molecular flexibility index (Phi) is 5.84. The largest absolute Gasteiger partial charge is 0.495 e. The van der Waals surface area contributed by atoms with Crippen LogP contribution in [0.25, 0.3) is 0 Å². The van der Waals surface area contributed by atoms with Gasteiger partial charge in [-0.05, 0) is 41.8 Å². The third-order valence-electron chi connectivity index (χ3n) is 5.42. The van der Waals surface area contributed by atoms with Gasteiger partial charge in [-0.3, -0.25) is 19.4 Å². The summed E-state index contributed by atoms with van der Waals surface area (Å²) in [5.74, 6) is -0.520. The molecule has 0 radical (unpaired) electrons. The smallest absolute Gasteiger partial charge is 0.263 e. The minimum absolute atomic E-state index is 0.243. The van der Waals surface area contributed by atoms with Gasteiger partial charge >= 0.3 is 0 Å². The summed E-state index contributed by atoms with van der Waals surface area (Å²) < 4.78 is 5.09. The van der Waals surface area contributed by atoms with E-state index in [0.717, 1.165) is 10.5 Å². The third-order valence-corrected chi connectivity index (χ3v) is 5.71. The number of halogens is 1. The zero-order valence-electron chi connectivity index (χ0n) is 17.8. The number of carbonyl (C=O) groups is 3. The van der Waals surface area contributed by atoms with Gasteiger partial charge < -0.3 is 10.1 Å². The van der Waals surface area contributed by atoms with Gasteiger partial charge in [0.1, 0.15) is 12.3 Å². The van der Waals surface area contributed by atoms with E-state index in [1.807, 2.05) is 12.1 Å². The van der Waals surface area contributed by atoms with Crippen molar-refractivity contribution in [1.29, 1.82) is 0 Å². The number of nitrogens with one attached hydrogen (secondary N) is 1. The van der Waals surface area contributed by atoms with Gasteiger partial charge in [0.25, 0.3) is 11.8 Å². The highest BCUT2D eigenvalue weighted by molar-refractivity contribution is 6.32. The van der Waals surface area contributed by atoms with Gasteiger partial charge in [-0.25, -0.2) is 4.90 Å². The van der Waals surface area contributed by atoms with Crippen molar-refractivity contribution < 1.29 is 19.1 Å². The van der Waals surface area contributed by atoms with Crippen LogP contribution in [-0.4, -0.2) is 48.5 Å². The lowest BCUT2D eigenvalue weighted by Crippen LogP contribution is -2.43. The van der Waals surface area contributed by atoms with E-state index in [0.29, 0.717) is 28.1 Å². The molecule has 2 atom stereocenters. The number of ether oxygens (including phenoxy) is 1. The second kappa shape index (κ2) is 8.58. The maximum atomic E-state index is 13.1. The Morgan fingerprint density at radius 2 is 1.88 bits per heavy atom. The molecule has 2 aliphatic rings. The van der Waals surface area contributed by atoms with Gasteiger partial charge in [0, 0.05) is 5.69 Å². The minimum atomic E-state index is -0.962. The van der Waals surface area contributed by atoms with Gasteiger partial charge in [-0.1, -0.05) is 42.8 Å². The number of benzene rings is 2. The molecule has 166 valence electrons. The van der Waals surface area contributed by atoms with Crippen molar-refractivity contribution in [2.75, 3.05) is 23.9 Å². The fourth-order valence-corrected chi connectivity index (χ4v) is 3.97. The van der Waals surface area contributed by atoms with Crippen LogP contribution in [-0.2, 0) is 14.4 Å². The molecular formula is C22H22ClN5O4. The normalized spacial score (nSPS) is 19.7. The van der Waals surface area contributed by atoms with Crippen molar-refractivity contribution in [3.8, 4) is 5.75 Å². The van der Waals surface area contributed by atoms with Crippen LogP contribution >= 0.6 is 11.6 Å². The average molecular weight is 456 g/mol. The highest BCUT2D eigenvalue weighted by Crippen LogP contribution is 2.32. The van der Waals surface area contributed by atoms with Crippen molar-refractivity contribution in [1.82, 2.24) is 5.01 Å². The number of rotatable bonds is 6. The summed E-state index contributed by atoms with van der Waals surface area (Å²) in [6.45, 7) is 3.89. The summed E-state index contributed by atoms with van der Waals surface area (Å²) in [5, 5.41) is 12.1. The Morgan fingerprint density at radius 3 is 2.50 bits per heavy atom. The highest BCUT2D eigenvalue weighted by atomic mass is 35.5. The number of anilines is 2. The molecule has 0 saturated carbocycles. The quantitative estimate of drug-likeness (QED) is 0.672. The third kappa shape index (κ3) is 3.91. The molecule has 32 heavy (non-hydrogen) atoms. The first kappa shape index (κ1) is 21.8. The van der Waals surface area contributed by atoms with Crippen LogP contribution in [0.5, 0.6) is 5.75 Å². The first-order chi connectivity index (χ1) is 15.3. The first-order valence-electron chi connectivity index (χ1n) is 10.1. The fourth-order valence-electron chi connectivity index (χ4n) is 3.71. The van der Waals surface area contributed by atoms with Crippen molar-refractivity contribution >= 4 is 40.7 Å². The van der Waals surface area contributed by atoms with E-state index in [1.165, 1.54) is 12.1 Å². The summed E-state index contributed by atoms with van der Waals surface area (Å²) in [6, 6.07) is 10.2. The van der Waals surface area contributed by atoms with E-state index in [2.05, 4.69) is 29.5 Å². The van der Waals surface area contributed by atoms with Gasteiger partial charge in [-0.15, -0.1) is 0 Å². The molecule has 2 aromatic rings. The molecule has 4 rings (SSSR count). The number of carbonyl (C=O) groups excluding carboxylic acids is 3. The molecule has 0 aliphatic carbocycles. The summed E-state index contributed by atoms with van der Waals surface area (Å²) >= 11 is 6.08. The molecule has 2 aliphatic heterocycles. The van der Waals surface area contributed by atoms with Gasteiger partial charge in [0.2, 0.25) is 5.91 Å². The Bertz CT molecular complexity index is 1100. The fraction of sp³-hybridized carbons (Fsp3) is 0.318. The predicted molar refractivity (Wildman–Crippen MR) is 119 cm³/mol. The predicted octanol–water partition coefficient (Wildman–Crippen LogP) is 3.40. The van der Waals surface area contributed by atoms with Crippen molar-refractivity contribution in [3.05, 3.63) is 53.1 Å². The lowest BCUT2D eigenvalue weighted by Gasteiger charge is -2.20. The van der Waals surface area contributed by atoms with Gasteiger partial charge in [0.05, 0.1) is 17.8 Å². The topological polar surface area (TPSA) is 104 Å². The number of nitrogens with zero attached hydrogens (tertiary/aromatic N) is 4. The molecule has 10 heteroatoms. The molecule has 1 N–H and O–H groups in total. The average Bonchev–Trinajstić information content (AvgIpc) is 3.27. The second-order valence-corrected chi connectivity index (χ2v) is 8.25. The zero-order valence-corrected chi connectivity index (χ0v) is 18.5. The molecule has 1 saturated heterocycles. The summed E-state index contributed by atoms with van der Waals surface area (Å²) in [5.41, 5.74) is 2.05. The minimum Gasteiger partial charge on any atom is -0.495 e. The molecule has 9 nitrogen and oxygen atoms in total. The van der Waals surface area contributed by atoms with E-state index in [4.69, 9.17) is 16.3 Å². The number of amides is 3. The monoisotopic (exact) mass is 455 g/mol. The Labute approximate surface area is 190 Å². The Morgan fingerprint density at radius 1 is 1.16 bits per heavy atom. The van der Waals surface area contributed by atoms with Crippen molar-refractivity contribution in [2.24, 2.45) is 10.3 Å². The first-order valence-corrected chi connectivity index (χ1v) is 10.5.